The highest BCUT2D eigenvalue weighted by Gasteiger charge is 2.48. The Kier molecular flexibility index (Phi) is 5.55. The summed E-state index contributed by atoms with van der Waals surface area (Å²) in [6, 6.07) is 14.0. The highest BCUT2D eigenvalue weighted by Crippen LogP contribution is 2.40. The smallest absolute Gasteiger partial charge is 0.316 e. The fraction of sp³-hybridized carbons (Fsp3) is 0.333. The number of rotatable bonds is 4. The van der Waals surface area contributed by atoms with Crippen LogP contribution in [0.1, 0.15) is 31.7 Å². The minimum atomic E-state index is -0.563. The van der Waals surface area contributed by atoms with Crippen LogP contribution in [-0.4, -0.2) is 30.2 Å². The van der Waals surface area contributed by atoms with Crippen molar-refractivity contribution in [3.63, 3.8) is 0 Å². The molecule has 2 fully saturated rings. The van der Waals surface area contributed by atoms with Gasteiger partial charge in [0.15, 0.2) is 0 Å². The van der Waals surface area contributed by atoms with Gasteiger partial charge in [0.2, 0.25) is 17.7 Å². The van der Waals surface area contributed by atoms with Crippen molar-refractivity contribution >= 4 is 35.1 Å². The van der Waals surface area contributed by atoms with Crippen molar-refractivity contribution in [2.24, 2.45) is 17.8 Å². The van der Waals surface area contributed by atoms with E-state index in [1.165, 1.54) is 4.90 Å². The van der Waals surface area contributed by atoms with Crippen LogP contribution >= 0.6 is 0 Å². The Labute approximate surface area is 198 Å². The van der Waals surface area contributed by atoms with Crippen LogP contribution in [0.5, 0.6) is 5.75 Å². The van der Waals surface area contributed by atoms with Crippen molar-refractivity contribution < 1.29 is 23.9 Å². The summed E-state index contributed by atoms with van der Waals surface area (Å²) in [7, 11) is 0. The minimum Gasteiger partial charge on any atom is -0.426 e. The number of nitrogens with zero attached hydrogens (tertiary/aromatic N) is 2. The summed E-state index contributed by atoms with van der Waals surface area (Å²) in [6.45, 7) is 4.18. The molecule has 2 aromatic carbocycles. The van der Waals surface area contributed by atoms with Gasteiger partial charge in [-0.1, -0.05) is 29.8 Å². The lowest BCUT2D eigenvalue weighted by Gasteiger charge is -2.19. The number of amides is 3. The molecule has 2 aliphatic heterocycles. The van der Waals surface area contributed by atoms with Gasteiger partial charge in [0.05, 0.1) is 23.4 Å². The van der Waals surface area contributed by atoms with Crippen molar-refractivity contribution in [2.75, 3.05) is 16.3 Å². The van der Waals surface area contributed by atoms with Gasteiger partial charge in [-0.2, -0.15) is 0 Å². The molecule has 3 aliphatic rings. The number of imide groups is 1. The Morgan fingerprint density at radius 3 is 2.35 bits per heavy atom. The summed E-state index contributed by atoms with van der Waals surface area (Å²) in [5, 5.41) is 0. The number of fused-ring (bicyclic) bond motifs is 1. The molecule has 0 unspecified atom stereocenters. The predicted octanol–water partition coefficient (Wildman–Crippen LogP) is 3.80. The lowest BCUT2D eigenvalue weighted by Crippen LogP contribution is -2.30. The summed E-state index contributed by atoms with van der Waals surface area (Å²) >= 11 is 0. The van der Waals surface area contributed by atoms with Crippen LogP contribution in [0.3, 0.4) is 0 Å². The summed E-state index contributed by atoms with van der Waals surface area (Å²) in [5.74, 6) is -1.79. The highest BCUT2D eigenvalue weighted by molar-refractivity contribution is 6.22. The summed E-state index contributed by atoms with van der Waals surface area (Å²) in [6.07, 6.45) is 3.33. The third kappa shape index (κ3) is 3.81. The molecule has 2 aromatic rings. The number of hydrogen-bond acceptors (Lipinski definition) is 5. The molecule has 2 saturated heterocycles. The van der Waals surface area contributed by atoms with Crippen LogP contribution < -0.4 is 14.5 Å². The van der Waals surface area contributed by atoms with E-state index in [9.17, 15) is 19.2 Å². The Morgan fingerprint density at radius 1 is 0.912 bits per heavy atom. The average molecular weight is 459 g/mol. The van der Waals surface area contributed by atoms with Gasteiger partial charge in [-0.25, -0.2) is 0 Å². The van der Waals surface area contributed by atoms with Crippen molar-refractivity contribution in [1.29, 1.82) is 0 Å². The van der Waals surface area contributed by atoms with Crippen molar-refractivity contribution in [3.8, 4) is 5.75 Å². The Balaban J connectivity index is 1.25. The molecule has 3 amide bonds. The van der Waals surface area contributed by atoms with E-state index in [-0.39, 0.29) is 42.5 Å². The van der Waals surface area contributed by atoms with E-state index in [2.05, 4.69) is 0 Å². The number of anilines is 2. The van der Waals surface area contributed by atoms with E-state index in [4.69, 9.17) is 4.74 Å². The lowest BCUT2D eigenvalue weighted by molar-refractivity contribution is -0.139. The molecule has 34 heavy (non-hydrogen) atoms. The maximum Gasteiger partial charge on any atom is 0.316 e. The van der Waals surface area contributed by atoms with Crippen LogP contribution in [0.2, 0.25) is 0 Å². The number of hydrogen-bond donors (Lipinski definition) is 0. The molecule has 0 saturated carbocycles. The lowest BCUT2D eigenvalue weighted by atomic mass is 9.82. The van der Waals surface area contributed by atoms with Crippen molar-refractivity contribution in [1.82, 2.24) is 0 Å². The molecule has 1 aliphatic carbocycles. The standard InChI is InChI=1S/C27H26N2O5/c1-16-7-12-21-22(13-16)26(32)29(25(21)31)19-8-10-20(11-9-19)34-27(33)18-14-24(30)28(15-18)23-6-4-3-5-17(23)2/h3-11,18,21-22H,12-15H2,1-2H3/t18-,21-,22-/m0/s1. The summed E-state index contributed by atoms with van der Waals surface area (Å²) in [4.78, 5) is 53.9. The van der Waals surface area contributed by atoms with Gasteiger partial charge in [0.1, 0.15) is 5.75 Å². The normalized spacial score (nSPS) is 24.4. The molecule has 0 bridgehead atoms. The maximum atomic E-state index is 12.9. The van der Waals surface area contributed by atoms with Crippen molar-refractivity contribution in [2.45, 2.75) is 33.1 Å². The summed E-state index contributed by atoms with van der Waals surface area (Å²) in [5.41, 5.74) is 3.39. The first-order valence-corrected chi connectivity index (χ1v) is 11.5. The number of aryl methyl sites for hydroxylation is 1. The fourth-order valence-corrected chi connectivity index (χ4v) is 5.12. The quantitative estimate of drug-likeness (QED) is 0.301. The minimum absolute atomic E-state index is 0.0955. The van der Waals surface area contributed by atoms with Crippen LogP contribution in [0.15, 0.2) is 60.2 Å². The van der Waals surface area contributed by atoms with Gasteiger partial charge in [0, 0.05) is 18.7 Å². The number of benzene rings is 2. The van der Waals surface area contributed by atoms with Crippen LogP contribution in [0.4, 0.5) is 11.4 Å². The predicted molar refractivity (Wildman–Crippen MR) is 126 cm³/mol. The van der Waals surface area contributed by atoms with Gasteiger partial charge in [-0.15, -0.1) is 0 Å². The largest absolute Gasteiger partial charge is 0.426 e. The first-order chi connectivity index (χ1) is 16.3. The number of para-hydroxylation sites is 1. The molecule has 3 atom stereocenters. The number of carbonyl (C=O) groups excluding carboxylic acids is 4. The Bertz CT molecular complexity index is 1220. The molecule has 7 heteroatoms. The first-order valence-electron chi connectivity index (χ1n) is 11.5. The van der Waals surface area contributed by atoms with E-state index in [0.29, 0.717) is 24.3 Å². The van der Waals surface area contributed by atoms with Gasteiger partial charge in [0.25, 0.3) is 0 Å². The second kappa shape index (κ2) is 8.56. The average Bonchev–Trinajstić information content (AvgIpc) is 3.32. The zero-order valence-corrected chi connectivity index (χ0v) is 19.2. The zero-order chi connectivity index (χ0) is 24.0. The van der Waals surface area contributed by atoms with Gasteiger partial charge in [-0.3, -0.25) is 24.1 Å². The SMILES string of the molecule is CC1=CC[C@@H]2C(=O)N(c3ccc(OC(=O)[C@H]4CC(=O)N(c5ccccc5C)C4)cc3)C(=O)[C@H]2C1. The topological polar surface area (TPSA) is 84.0 Å². The Hall–Kier alpha value is -3.74. The molecular formula is C27H26N2O5. The molecule has 7 nitrogen and oxygen atoms in total. The van der Waals surface area contributed by atoms with Gasteiger partial charge in [-0.05, 0) is 62.6 Å². The van der Waals surface area contributed by atoms with Crippen LogP contribution in [0, 0.1) is 24.7 Å². The molecule has 0 radical (unpaired) electrons. The molecular weight excluding hydrogens is 432 g/mol. The van der Waals surface area contributed by atoms with Crippen LogP contribution in [0.25, 0.3) is 0 Å². The molecule has 0 aromatic heterocycles. The summed E-state index contributed by atoms with van der Waals surface area (Å²) < 4.78 is 5.53. The van der Waals surface area contributed by atoms with E-state index in [1.54, 1.807) is 29.2 Å². The van der Waals surface area contributed by atoms with E-state index < -0.39 is 11.9 Å². The van der Waals surface area contributed by atoms with Crippen LogP contribution in [-0.2, 0) is 19.2 Å². The van der Waals surface area contributed by atoms with E-state index in [0.717, 1.165) is 16.8 Å². The van der Waals surface area contributed by atoms with Crippen molar-refractivity contribution in [3.05, 3.63) is 65.7 Å². The maximum absolute atomic E-state index is 12.9. The molecule has 2 heterocycles. The fourth-order valence-electron chi connectivity index (χ4n) is 5.12. The van der Waals surface area contributed by atoms with Gasteiger partial charge < -0.3 is 9.64 Å². The molecule has 5 rings (SSSR count). The third-order valence-electron chi connectivity index (χ3n) is 7.00. The number of allylic oxidation sites excluding steroid dienone is 2. The van der Waals surface area contributed by atoms with E-state index in [1.807, 2.05) is 44.2 Å². The zero-order valence-electron chi connectivity index (χ0n) is 19.2. The van der Waals surface area contributed by atoms with Gasteiger partial charge >= 0.3 is 5.97 Å². The second-order valence-corrected chi connectivity index (χ2v) is 9.32. The number of carbonyl (C=O) groups is 4. The molecule has 174 valence electrons. The third-order valence-corrected chi connectivity index (χ3v) is 7.00. The molecule has 0 N–H and O–H groups in total. The second-order valence-electron chi connectivity index (χ2n) is 9.32. The number of esters is 1. The Morgan fingerprint density at radius 2 is 1.62 bits per heavy atom. The number of ether oxygens (including phenoxy) is 1. The molecule has 0 spiro atoms. The highest BCUT2D eigenvalue weighted by atomic mass is 16.5. The van der Waals surface area contributed by atoms with E-state index >= 15 is 0 Å². The first kappa shape index (κ1) is 22.1. The monoisotopic (exact) mass is 458 g/mol.